The minimum atomic E-state index is -3.49. The van der Waals surface area contributed by atoms with E-state index in [-0.39, 0.29) is 17.6 Å². The molecule has 1 amide bonds. The van der Waals surface area contributed by atoms with Gasteiger partial charge in [-0.2, -0.15) is 0 Å². The van der Waals surface area contributed by atoms with Gasteiger partial charge in [-0.1, -0.05) is 29.8 Å². The number of hydrogen-bond donors (Lipinski definition) is 1. The fourth-order valence-corrected chi connectivity index (χ4v) is 3.61. The van der Waals surface area contributed by atoms with Crippen LogP contribution in [0.5, 0.6) is 0 Å². The summed E-state index contributed by atoms with van der Waals surface area (Å²) in [5.41, 5.74) is 2.14. The molecule has 1 aromatic rings. The molecule has 0 bridgehead atoms. The molecule has 0 aliphatic carbocycles. The maximum Gasteiger partial charge on any atom is 0.246 e. The summed E-state index contributed by atoms with van der Waals surface area (Å²) in [4.78, 5) is 13.9. The second kappa shape index (κ2) is 7.07. The van der Waals surface area contributed by atoms with Gasteiger partial charge in [0, 0.05) is 19.2 Å². The van der Waals surface area contributed by atoms with Crippen LogP contribution in [0.1, 0.15) is 24.0 Å². The van der Waals surface area contributed by atoms with Gasteiger partial charge in [0.2, 0.25) is 15.9 Å². The van der Waals surface area contributed by atoms with Crippen LogP contribution < -0.4 is 5.14 Å². The van der Waals surface area contributed by atoms with Crippen LogP contribution in [0.25, 0.3) is 6.08 Å². The molecule has 1 aliphatic rings. The molecule has 0 saturated carbocycles. The molecule has 1 saturated heterocycles. The number of likely N-dealkylation sites (tertiary alicyclic amines) is 1. The van der Waals surface area contributed by atoms with Crippen molar-refractivity contribution in [3.05, 3.63) is 41.5 Å². The highest BCUT2D eigenvalue weighted by Gasteiger charge is 2.25. The first-order valence-electron chi connectivity index (χ1n) is 7.37. The molecule has 1 aromatic carbocycles. The van der Waals surface area contributed by atoms with Crippen LogP contribution in [0.4, 0.5) is 0 Å². The molecule has 22 heavy (non-hydrogen) atoms. The molecule has 5 nitrogen and oxygen atoms in total. The zero-order chi connectivity index (χ0) is 16.2. The molecule has 0 aromatic heterocycles. The number of carbonyl (C=O) groups excluding carboxylic acids is 1. The van der Waals surface area contributed by atoms with Crippen molar-refractivity contribution in [3.8, 4) is 0 Å². The lowest BCUT2D eigenvalue weighted by molar-refractivity contribution is -0.127. The van der Waals surface area contributed by atoms with Gasteiger partial charge in [-0.3, -0.25) is 4.79 Å². The van der Waals surface area contributed by atoms with Gasteiger partial charge < -0.3 is 4.90 Å². The predicted octanol–water partition coefficient (Wildman–Crippen LogP) is 1.54. The first-order valence-corrected chi connectivity index (χ1v) is 9.09. The molecular formula is C16H22N2O3S. The molecule has 1 atom stereocenters. The van der Waals surface area contributed by atoms with Crippen molar-refractivity contribution in [3.63, 3.8) is 0 Å². The van der Waals surface area contributed by atoms with Crippen LogP contribution in [0.3, 0.4) is 0 Å². The Morgan fingerprint density at radius 2 is 2.05 bits per heavy atom. The minimum absolute atomic E-state index is 0.0571. The Hall–Kier alpha value is -1.66. The Bertz CT molecular complexity index is 650. The third-order valence-electron chi connectivity index (χ3n) is 3.79. The topological polar surface area (TPSA) is 80.5 Å². The van der Waals surface area contributed by atoms with E-state index in [9.17, 15) is 13.2 Å². The summed E-state index contributed by atoms with van der Waals surface area (Å²) >= 11 is 0. The van der Waals surface area contributed by atoms with E-state index in [1.165, 1.54) is 5.56 Å². The van der Waals surface area contributed by atoms with Gasteiger partial charge >= 0.3 is 0 Å². The Labute approximate surface area is 131 Å². The van der Waals surface area contributed by atoms with Crippen LogP contribution in [0.15, 0.2) is 30.3 Å². The van der Waals surface area contributed by atoms with Crippen LogP contribution in [-0.2, 0) is 14.8 Å². The van der Waals surface area contributed by atoms with Crippen molar-refractivity contribution in [1.82, 2.24) is 4.90 Å². The number of benzene rings is 1. The molecule has 1 aliphatic heterocycles. The highest BCUT2D eigenvalue weighted by molar-refractivity contribution is 7.89. The predicted molar refractivity (Wildman–Crippen MR) is 87.5 cm³/mol. The largest absolute Gasteiger partial charge is 0.339 e. The first-order chi connectivity index (χ1) is 10.3. The van der Waals surface area contributed by atoms with Crippen molar-refractivity contribution in [2.45, 2.75) is 19.8 Å². The van der Waals surface area contributed by atoms with Crippen LogP contribution >= 0.6 is 0 Å². The van der Waals surface area contributed by atoms with E-state index < -0.39 is 10.0 Å². The Morgan fingerprint density at radius 1 is 1.36 bits per heavy atom. The third kappa shape index (κ3) is 5.27. The molecular weight excluding hydrogens is 300 g/mol. The lowest BCUT2D eigenvalue weighted by Crippen LogP contribution is -2.41. The van der Waals surface area contributed by atoms with Crippen molar-refractivity contribution in [2.75, 3.05) is 18.8 Å². The Balaban J connectivity index is 1.95. The average Bonchev–Trinajstić information content (AvgIpc) is 2.45. The van der Waals surface area contributed by atoms with Crippen molar-refractivity contribution < 1.29 is 13.2 Å². The van der Waals surface area contributed by atoms with Gasteiger partial charge in [0.25, 0.3) is 0 Å². The SMILES string of the molecule is Cc1ccc(/C=C/C(=O)N2CCC[C@H](CS(N)(=O)=O)C2)cc1. The number of sulfonamides is 1. The number of primary sulfonamides is 1. The molecule has 1 fully saturated rings. The van der Waals surface area contributed by atoms with Crippen LogP contribution in [-0.4, -0.2) is 38.1 Å². The zero-order valence-corrected chi connectivity index (χ0v) is 13.6. The number of rotatable bonds is 4. The summed E-state index contributed by atoms with van der Waals surface area (Å²) in [6.07, 6.45) is 4.93. The molecule has 2 N–H and O–H groups in total. The molecule has 2 rings (SSSR count). The maximum atomic E-state index is 12.2. The molecule has 0 radical (unpaired) electrons. The second-order valence-electron chi connectivity index (χ2n) is 5.87. The normalized spacial score (nSPS) is 19.5. The maximum absolute atomic E-state index is 12.2. The van der Waals surface area contributed by atoms with E-state index in [1.807, 2.05) is 31.2 Å². The minimum Gasteiger partial charge on any atom is -0.339 e. The zero-order valence-electron chi connectivity index (χ0n) is 12.7. The Morgan fingerprint density at radius 3 is 2.68 bits per heavy atom. The van der Waals surface area contributed by atoms with E-state index in [0.29, 0.717) is 13.1 Å². The third-order valence-corrected chi connectivity index (χ3v) is 4.73. The number of nitrogens with two attached hydrogens (primary N) is 1. The molecule has 6 heteroatoms. The smallest absolute Gasteiger partial charge is 0.246 e. The van der Waals surface area contributed by atoms with Crippen molar-refractivity contribution in [1.29, 1.82) is 0 Å². The van der Waals surface area contributed by atoms with Crippen LogP contribution in [0.2, 0.25) is 0 Å². The summed E-state index contributed by atoms with van der Waals surface area (Å²) in [6, 6.07) is 7.90. The van der Waals surface area contributed by atoms with E-state index in [1.54, 1.807) is 17.1 Å². The average molecular weight is 322 g/mol. The lowest BCUT2D eigenvalue weighted by Gasteiger charge is -2.31. The fraction of sp³-hybridized carbons (Fsp3) is 0.438. The van der Waals surface area contributed by atoms with Crippen LogP contribution in [0, 0.1) is 12.8 Å². The Kier molecular flexibility index (Phi) is 5.37. The monoisotopic (exact) mass is 322 g/mol. The number of piperidine rings is 1. The quantitative estimate of drug-likeness (QED) is 0.854. The summed E-state index contributed by atoms with van der Waals surface area (Å²) in [5.74, 6) is -0.210. The van der Waals surface area contributed by atoms with E-state index in [0.717, 1.165) is 18.4 Å². The summed E-state index contributed by atoms with van der Waals surface area (Å²) in [5, 5.41) is 5.09. The number of aryl methyl sites for hydroxylation is 1. The summed E-state index contributed by atoms with van der Waals surface area (Å²) < 4.78 is 22.3. The summed E-state index contributed by atoms with van der Waals surface area (Å²) in [7, 11) is -3.49. The molecule has 0 spiro atoms. The number of hydrogen-bond acceptors (Lipinski definition) is 3. The second-order valence-corrected chi connectivity index (χ2v) is 7.53. The lowest BCUT2D eigenvalue weighted by atomic mass is 10.00. The van der Waals surface area contributed by atoms with E-state index >= 15 is 0 Å². The van der Waals surface area contributed by atoms with Gasteiger partial charge in [-0.05, 0) is 37.3 Å². The van der Waals surface area contributed by atoms with Gasteiger partial charge in [0.05, 0.1) is 5.75 Å². The van der Waals surface area contributed by atoms with E-state index in [4.69, 9.17) is 5.14 Å². The van der Waals surface area contributed by atoms with Gasteiger partial charge in [0.1, 0.15) is 0 Å². The van der Waals surface area contributed by atoms with E-state index in [2.05, 4.69) is 0 Å². The number of carbonyl (C=O) groups is 1. The van der Waals surface area contributed by atoms with Gasteiger partial charge in [-0.15, -0.1) is 0 Å². The van der Waals surface area contributed by atoms with Gasteiger partial charge in [-0.25, -0.2) is 13.6 Å². The van der Waals surface area contributed by atoms with Gasteiger partial charge in [0.15, 0.2) is 0 Å². The molecule has 1 heterocycles. The first kappa shape index (κ1) is 16.7. The van der Waals surface area contributed by atoms with Crippen molar-refractivity contribution >= 4 is 22.0 Å². The molecule has 0 unspecified atom stereocenters. The summed E-state index contributed by atoms with van der Waals surface area (Å²) in [6.45, 7) is 3.13. The fourth-order valence-electron chi connectivity index (χ4n) is 2.68. The highest BCUT2D eigenvalue weighted by Crippen LogP contribution is 2.18. The standard InChI is InChI=1S/C16H22N2O3S/c1-13-4-6-14(7-5-13)8-9-16(19)18-10-2-3-15(11-18)12-22(17,20)21/h4-9,15H,2-3,10-12H2,1H3,(H2,17,20,21)/b9-8+/t15-/m0/s1. The molecule has 120 valence electrons. The van der Waals surface area contributed by atoms with Crippen molar-refractivity contribution in [2.24, 2.45) is 11.1 Å². The number of nitrogens with zero attached hydrogens (tertiary/aromatic N) is 1. The highest BCUT2D eigenvalue weighted by atomic mass is 32.2. The number of amides is 1.